The first-order valence-electron chi connectivity index (χ1n) is 4.59. The second-order valence-electron chi connectivity index (χ2n) is 3.83. The third-order valence-corrected chi connectivity index (χ3v) is 2.85. The predicted octanol–water partition coefficient (Wildman–Crippen LogP) is 2.67. The maximum absolute atomic E-state index is 9.07. The minimum absolute atomic E-state index is 0.232. The summed E-state index contributed by atoms with van der Waals surface area (Å²) in [5, 5.41) is 9.07. The fourth-order valence-corrected chi connectivity index (χ4v) is 1.76. The first kappa shape index (κ1) is 9.53. The molecule has 12 heavy (non-hydrogen) atoms. The molecule has 0 fully saturated rings. The van der Waals surface area contributed by atoms with E-state index in [1.54, 1.807) is 0 Å². The van der Waals surface area contributed by atoms with E-state index >= 15 is 0 Å². The molecule has 0 heterocycles. The van der Waals surface area contributed by atoms with Crippen LogP contribution in [-0.2, 0) is 0 Å². The standard InChI is InChI=1S/C11H18O/c1-8(2)10-5-4-9(3)11(6-10)7-12/h10,12H,1,4-7H2,2-3H3. The molecule has 0 radical (unpaired) electrons. The summed E-state index contributed by atoms with van der Waals surface area (Å²) in [5.41, 5.74) is 3.87. The Labute approximate surface area is 74.8 Å². The van der Waals surface area contributed by atoms with Gasteiger partial charge in [-0.25, -0.2) is 0 Å². The molecule has 1 N–H and O–H groups in total. The SMILES string of the molecule is C=C(C)C1CCC(C)=C(CO)C1. The Morgan fingerprint density at radius 1 is 1.67 bits per heavy atom. The van der Waals surface area contributed by atoms with Gasteiger partial charge >= 0.3 is 0 Å². The third kappa shape index (κ3) is 1.98. The van der Waals surface area contributed by atoms with Crippen LogP contribution < -0.4 is 0 Å². The van der Waals surface area contributed by atoms with Crippen LogP contribution in [0.15, 0.2) is 23.3 Å². The summed E-state index contributed by atoms with van der Waals surface area (Å²) in [6, 6.07) is 0. The minimum atomic E-state index is 0.232. The van der Waals surface area contributed by atoms with Crippen molar-refractivity contribution in [1.29, 1.82) is 0 Å². The van der Waals surface area contributed by atoms with Crippen molar-refractivity contribution in [3.05, 3.63) is 23.3 Å². The Morgan fingerprint density at radius 3 is 2.83 bits per heavy atom. The molecule has 0 aromatic rings. The van der Waals surface area contributed by atoms with E-state index in [2.05, 4.69) is 20.4 Å². The van der Waals surface area contributed by atoms with Gasteiger partial charge in [-0.3, -0.25) is 0 Å². The maximum atomic E-state index is 9.07. The van der Waals surface area contributed by atoms with Crippen LogP contribution in [0.5, 0.6) is 0 Å². The highest BCUT2D eigenvalue weighted by Crippen LogP contribution is 2.32. The van der Waals surface area contributed by atoms with E-state index < -0.39 is 0 Å². The number of aliphatic hydroxyl groups is 1. The number of hydrogen-bond acceptors (Lipinski definition) is 1. The van der Waals surface area contributed by atoms with Crippen molar-refractivity contribution in [1.82, 2.24) is 0 Å². The zero-order valence-electron chi connectivity index (χ0n) is 8.06. The topological polar surface area (TPSA) is 20.2 Å². The molecule has 0 aliphatic heterocycles. The number of hydrogen-bond donors (Lipinski definition) is 1. The van der Waals surface area contributed by atoms with E-state index in [0.29, 0.717) is 5.92 Å². The number of allylic oxidation sites excluding steroid dienone is 2. The van der Waals surface area contributed by atoms with Crippen molar-refractivity contribution in [2.24, 2.45) is 5.92 Å². The van der Waals surface area contributed by atoms with Gasteiger partial charge in [0.05, 0.1) is 6.61 Å². The van der Waals surface area contributed by atoms with Crippen LogP contribution in [0.1, 0.15) is 33.1 Å². The van der Waals surface area contributed by atoms with Gasteiger partial charge in [0.25, 0.3) is 0 Å². The summed E-state index contributed by atoms with van der Waals surface area (Å²) in [6.07, 6.45) is 3.37. The lowest BCUT2D eigenvalue weighted by Crippen LogP contribution is -2.12. The monoisotopic (exact) mass is 166 g/mol. The van der Waals surface area contributed by atoms with Crippen LogP contribution >= 0.6 is 0 Å². The molecule has 1 atom stereocenters. The highest BCUT2D eigenvalue weighted by atomic mass is 16.3. The molecule has 0 saturated carbocycles. The van der Waals surface area contributed by atoms with Crippen LogP contribution in [0.3, 0.4) is 0 Å². The average molecular weight is 166 g/mol. The molecule has 1 aliphatic rings. The molecule has 1 rings (SSSR count). The van der Waals surface area contributed by atoms with Crippen LogP contribution in [0.4, 0.5) is 0 Å². The van der Waals surface area contributed by atoms with Crippen LogP contribution in [0.25, 0.3) is 0 Å². The molecule has 1 nitrogen and oxygen atoms in total. The lowest BCUT2D eigenvalue weighted by Gasteiger charge is -2.25. The fraction of sp³-hybridized carbons (Fsp3) is 0.636. The zero-order chi connectivity index (χ0) is 9.14. The van der Waals surface area contributed by atoms with E-state index in [0.717, 1.165) is 12.8 Å². The molecule has 1 aliphatic carbocycles. The minimum Gasteiger partial charge on any atom is -0.392 e. The largest absolute Gasteiger partial charge is 0.392 e. The summed E-state index contributed by atoms with van der Waals surface area (Å²) in [4.78, 5) is 0. The van der Waals surface area contributed by atoms with E-state index in [1.807, 2.05) is 0 Å². The molecule has 1 unspecified atom stereocenters. The van der Waals surface area contributed by atoms with Gasteiger partial charge in [0, 0.05) is 0 Å². The van der Waals surface area contributed by atoms with Gasteiger partial charge in [0.15, 0.2) is 0 Å². The molecule has 0 bridgehead atoms. The summed E-state index contributed by atoms with van der Waals surface area (Å²) in [5.74, 6) is 0.607. The van der Waals surface area contributed by atoms with Gasteiger partial charge in [-0.1, -0.05) is 17.7 Å². The smallest absolute Gasteiger partial charge is 0.0644 e. The van der Waals surface area contributed by atoms with Gasteiger partial charge in [-0.2, -0.15) is 0 Å². The van der Waals surface area contributed by atoms with Gasteiger partial charge in [-0.15, -0.1) is 0 Å². The highest BCUT2D eigenvalue weighted by Gasteiger charge is 2.18. The van der Waals surface area contributed by atoms with Crippen molar-refractivity contribution >= 4 is 0 Å². The van der Waals surface area contributed by atoms with Crippen molar-refractivity contribution in [2.75, 3.05) is 6.61 Å². The number of rotatable bonds is 2. The first-order valence-corrected chi connectivity index (χ1v) is 4.59. The normalized spacial score (nSPS) is 24.4. The molecule has 0 saturated heterocycles. The van der Waals surface area contributed by atoms with Crippen molar-refractivity contribution < 1.29 is 5.11 Å². The molecule has 0 aromatic heterocycles. The highest BCUT2D eigenvalue weighted by molar-refractivity contribution is 5.19. The number of aliphatic hydroxyl groups excluding tert-OH is 1. The van der Waals surface area contributed by atoms with Crippen molar-refractivity contribution in [3.63, 3.8) is 0 Å². The summed E-state index contributed by atoms with van der Waals surface area (Å²) >= 11 is 0. The van der Waals surface area contributed by atoms with E-state index in [1.165, 1.54) is 23.1 Å². The Kier molecular flexibility index (Phi) is 3.10. The Hall–Kier alpha value is -0.560. The van der Waals surface area contributed by atoms with Crippen LogP contribution in [0, 0.1) is 5.92 Å². The molecule has 1 heteroatoms. The lowest BCUT2D eigenvalue weighted by molar-refractivity contribution is 0.313. The van der Waals surface area contributed by atoms with Gasteiger partial charge < -0.3 is 5.11 Å². The second-order valence-corrected chi connectivity index (χ2v) is 3.83. The van der Waals surface area contributed by atoms with Crippen LogP contribution in [-0.4, -0.2) is 11.7 Å². The molecule has 0 amide bonds. The average Bonchev–Trinajstić information content (AvgIpc) is 2.05. The zero-order valence-corrected chi connectivity index (χ0v) is 8.06. The van der Waals surface area contributed by atoms with E-state index in [9.17, 15) is 0 Å². The quantitative estimate of drug-likeness (QED) is 0.625. The second kappa shape index (κ2) is 3.90. The fourth-order valence-electron chi connectivity index (χ4n) is 1.76. The molecule has 0 aromatic carbocycles. The Morgan fingerprint density at radius 2 is 2.33 bits per heavy atom. The summed E-state index contributed by atoms with van der Waals surface area (Å²) in [7, 11) is 0. The first-order chi connectivity index (χ1) is 5.65. The molecule has 68 valence electrons. The maximum Gasteiger partial charge on any atom is 0.0644 e. The van der Waals surface area contributed by atoms with Gasteiger partial charge in [0.1, 0.15) is 0 Å². The van der Waals surface area contributed by atoms with Crippen molar-refractivity contribution in [2.45, 2.75) is 33.1 Å². The van der Waals surface area contributed by atoms with Crippen LogP contribution in [0.2, 0.25) is 0 Å². The molecule has 0 spiro atoms. The van der Waals surface area contributed by atoms with E-state index in [4.69, 9.17) is 5.11 Å². The summed E-state index contributed by atoms with van der Waals surface area (Å²) < 4.78 is 0. The summed E-state index contributed by atoms with van der Waals surface area (Å²) in [6.45, 7) is 8.41. The van der Waals surface area contributed by atoms with Crippen molar-refractivity contribution in [3.8, 4) is 0 Å². The lowest BCUT2D eigenvalue weighted by atomic mass is 9.81. The Bertz CT molecular complexity index is 213. The van der Waals surface area contributed by atoms with E-state index in [-0.39, 0.29) is 6.61 Å². The van der Waals surface area contributed by atoms with Gasteiger partial charge in [-0.05, 0) is 44.6 Å². The molecular formula is C11H18O. The molecular weight excluding hydrogens is 148 g/mol. The Balaban J connectivity index is 2.67. The predicted molar refractivity (Wildman–Crippen MR) is 51.9 cm³/mol. The third-order valence-electron chi connectivity index (χ3n) is 2.85. The van der Waals surface area contributed by atoms with Gasteiger partial charge in [0.2, 0.25) is 0 Å².